The predicted molar refractivity (Wildman–Crippen MR) is 176 cm³/mol. The normalized spacial score (nSPS) is 23.7. The van der Waals surface area contributed by atoms with Gasteiger partial charge in [-0.3, -0.25) is 23.6 Å². The number of aromatic nitrogens is 2. The van der Waals surface area contributed by atoms with E-state index in [1.54, 1.807) is 44.2 Å². The molecule has 17 nitrogen and oxygen atoms in total. The number of methoxy groups -OCH3 is 2. The van der Waals surface area contributed by atoms with Crippen LogP contribution in [0.4, 0.5) is 4.79 Å². The molecule has 2 saturated heterocycles. The van der Waals surface area contributed by atoms with Crippen LogP contribution in [0.2, 0.25) is 0 Å². The lowest BCUT2D eigenvalue weighted by Crippen LogP contribution is -2.44. The maximum atomic E-state index is 13.9. The highest BCUT2D eigenvalue weighted by atomic mass is 31.2. The molecular formula is C32H45N4O13P. The highest BCUT2D eigenvalue weighted by Crippen LogP contribution is 2.46. The second-order valence-electron chi connectivity index (χ2n) is 12.5. The van der Waals surface area contributed by atoms with E-state index < -0.39 is 74.3 Å². The van der Waals surface area contributed by atoms with Crippen LogP contribution < -0.4 is 20.9 Å². The number of para-hydroxylation sites is 1. The largest absolute Gasteiger partial charge is 0.462 e. The van der Waals surface area contributed by atoms with Gasteiger partial charge in [0.05, 0.1) is 32.5 Å². The number of nitrogens with zero attached hydrogens (tertiary/aromatic N) is 3. The van der Waals surface area contributed by atoms with Gasteiger partial charge in [-0.15, -0.1) is 0 Å². The Morgan fingerprint density at radius 1 is 1.04 bits per heavy atom. The average molecular weight is 725 g/mol. The maximum absolute atomic E-state index is 13.9. The molecule has 276 valence electrons. The van der Waals surface area contributed by atoms with Crippen LogP contribution in [0.3, 0.4) is 0 Å². The summed E-state index contributed by atoms with van der Waals surface area (Å²) in [5, 5.41) is 2.62. The number of nitrogens with one attached hydrogen (secondary N) is 1. The van der Waals surface area contributed by atoms with Crippen molar-refractivity contribution in [2.45, 2.75) is 77.8 Å². The van der Waals surface area contributed by atoms with E-state index in [1.807, 2.05) is 6.92 Å². The predicted octanol–water partition coefficient (Wildman–Crippen LogP) is 2.67. The highest BCUT2D eigenvalue weighted by Gasteiger charge is 2.42. The first-order chi connectivity index (χ1) is 23.7. The number of esters is 2. The van der Waals surface area contributed by atoms with Crippen molar-refractivity contribution in [3.8, 4) is 5.75 Å². The van der Waals surface area contributed by atoms with Crippen molar-refractivity contribution in [1.82, 2.24) is 19.1 Å². The molecule has 1 aromatic carbocycles. The summed E-state index contributed by atoms with van der Waals surface area (Å²) in [6.07, 6.45) is -0.722. The van der Waals surface area contributed by atoms with Crippen LogP contribution >= 0.6 is 7.75 Å². The zero-order valence-corrected chi connectivity index (χ0v) is 29.8. The third-order valence-corrected chi connectivity index (χ3v) is 9.73. The second kappa shape index (κ2) is 17.3. The van der Waals surface area contributed by atoms with E-state index in [0.717, 1.165) is 10.6 Å². The Kier molecular flexibility index (Phi) is 13.4. The summed E-state index contributed by atoms with van der Waals surface area (Å²) in [7, 11) is -1.45. The SMILES string of the molecule is COCC1CC(C(=O)OCn2c(=O)ccn([C@@H]3O[C@H](COP(=O)(N[C@@H](C)C(=O)OC(C)C)Oc4ccccc4)C[C@@H]3C)c2=O)N(C(=O)OC)C1. The Bertz CT molecular complexity index is 1650. The Balaban J connectivity index is 1.44. The van der Waals surface area contributed by atoms with Crippen LogP contribution in [-0.2, 0) is 49.1 Å². The van der Waals surface area contributed by atoms with Crippen molar-refractivity contribution in [1.29, 1.82) is 0 Å². The Morgan fingerprint density at radius 3 is 2.42 bits per heavy atom. The number of amides is 1. The Morgan fingerprint density at radius 2 is 1.76 bits per heavy atom. The van der Waals surface area contributed by atoms with Crippen LogP contribution in [0.15, 0.2) is 52.2 Å². The van der Waals surface area contributed by atoms with E-state index in [9.17, 15) is 28.5 Å². The summed E-state index contributed by atoms with van der Waals surface area (Å²) in [4.78, 5) is 65.2. The highest BCUT2D eigenvalue weighted by molar-refractivity contribution is 7.52. The van der Waals surface area contributed by atoms with Gasteiger partial charge >= 0.3 is 31.5 Å². The lowest BCUT2D eigenvalue weighted by molar-refractivity contribution is -0.152. The molecule has 2 aromatic rings. The molecule has 50 heavy (non-hydrogen) atoms. The van der Waals surface area contributed by atoms with E-state index in [2.05, 4.69) is 5.09 Å². The van der Waals surface area contributed by atoms with Gasteiger partial charge in [0.15, 0.2) is 6.73 Å². The molecule has 7 atom stereocenters. The standard InChI is InChI=1S/C32H45N4O13P/c1-20(2)47-29(38)22(4)33-50(42,49-24-10-8-7-9-11-24)46-18-25-14-21(3)28(48-25)34-13-12-27(37)36(31(34)40)19-45-30(39)26-15-23(17-43-5)16-35(26)32(41)44-6/h7-13,20-23,25-26,28H,14-19H2,1-6H3,(H,33,42)/t21-,22-,23?,25-,26?,28+,50?/m0/s1. The molecule has 0 aliphatic carbocycles. The van der Waals surface area contributed by atoms with E-state index in [4.69, 9.17) is 32.7 Å². The minimum absolute atomic E-state index is 0.134. The zero-order chi connectivity index (χ0) is 36.6. The van der Waals surface area contributed by atoms with Gasteiger partial charge in [-0.25, -0.2) is 23.5 Å². The van der Waals surface area contributed by atoms with Crippen LogP contribution in [0, 0.1) is 11.8 Å². The molecule has 2 aliphatic heterocycles. The first-order valence-corrected chi connectivity index (χ1v) is 17.7. The van der Waals surface area contributed by atoms with Gasteiger partial charge in [0.2, 0.25) is 0 Å². The third kappa shape index (κ3) is 9.82. The third-order valence-electron chi connectivity index (χ3n) is 8.09. The van der Waals surface area contributed by atoms with Crippen molar-refractivity contribution in [3.63, 3.8) is 0 Å². The average Bonchev–Trinajstić information content (AvgIpc) is 3.67. The Labute approximate surface area is 289 Å². The minimum atomic E-state index is -4.16. The van der Waals surface area contributed by atoms with Gasteiger partial charge in [0, 0.05) is 37.8 Å². The molecule has 1 amide bonds. The summed E-state index contributed by atoms with van der Waals surface area (Å²) < 4.78 is 53.9. The second-order valence-corrected chi connectivity index (χ2v) is 14.1. The van der Waals surface area contributed by atoms with E-state index in [1.165, 1.54) is 36.8 Å². The molecule has 0 saturated carbocycles. The molecule has 0 radical (unpaired) electrons. The molecular weight excluding hydrogens is 679 g/mol. The van der Waals surface area contributed by atoms with Gasteiger partial charge in [-0.05, 0) is 45.7 Å². The van der Waals surface area contributed by atoms with E-state index in [0.29, 0.717) is 13.0 Å². The maximum Gasteiger partial charge on any atom is 0.459 e. The molecule has 2 aliphatic rings. The van der Waals surface area contributed by atoms with E-state index in [-0.39, 0.29) is 37.2 Å². The number of hydrogen-bond acceptors (Lipinski definition) is 13. The number of rotatable bonds is 15. The van der Waals surface area contributed by atoms with Crippen molar-refractivity contribution in [2.75, 3.05) is 34.0 Å². The summed E-state index contributed by atoms with van der Waals surface area (Å²) in [5.74, 6) is -1.62. The summed E-state index contributed by atoms with van der Waals surface area (Å²) >= 11 is 0. The molecule has 2 fully saturated rings. The molecule has 1 aromatic heterocycles. The molecule has 4 rings (SSSR count). The van der Waals surface area contributed by atoms with E-state index >= 15 is 0 Å². The zero-order valence-electron chi connectivity index (χ0n) is 28.9. The molecule has 0 bridgehead atoms. The lowest BCUT2D eigenvalue weighted by Gasteiger charge is -2.24. The number of carbonyl (C=O) groups is 3. The van der Waals surface area contributed by atoms with Gasteiger partial charge in [-0.1, -0.05) is 25.1 Å². The fourth-order valence-electron chi connectivity index (χ4n) is 5.77. The number of likely N-dealkylation sites (tertiary alicyclic amines) is 1. The lowest BCUT2D eigenvalue weighted by atomic mass is 10.1. The van der Waals surface area contributed by atoms with Gasteiger partial charge in [0.1, 0.15) is 24.1 Å². The molecule has 3 unspecified atom stereocenters. The quantitative estimate of drug-likeness (QED) is 0.160. The van der Waals surface area contributed by atoms with Crippen molar-refractivity contribution < 1.29 is 51.7 Å². The van der Waals surface area contributed by atoms with Crippen molar-refractivity contribution in [2.24, 2.45) is 11.8 Å². The number of carbonyl (C=O) groups excluding carboxylic acids is 3. The smallest absolute Gasteiger partial charge is 0.459 e. The summed E-state index contributed by atoms with van der Waals surface area (Å²) in [6, 6.07) is 7.41. The molecule has 0 spiro atoms. The van der Waals surface area contributed by atoms with Crippen molar-refractivity contribution in [3.05, 3.63) is 63.4 Å². The van der Waals surface area contributed by atoms with Crippen LogP contribution in [0.25, 0.3) is 0 Å². The van der Waals surface area contributed by atoms with Crippen LogP contribution in [0.5, 0.6) is 5.75 Å². The molecule has 1 N–H and O–H groups in total. The number of benzene rings is 1. The topological polar surface area (TPSA) is 192 Å². The van der Waals surface area contributed by atoms with Crippen molar-refractivity contribution >= 4 is 25.8 Å². The monoisotopic (exact) mass is 724 g/mol. The fraction of sp³-hybridized carbons (Fsp3) is 0.594. The fourth-order valence-corrected chi connectivity index (χ4v) is 7.29. The number of hydrogen-bond donors (Lipinski definition) is 1. The van der Waals surface area contributed by atoms with Gasteiger partial charge < -0.3 is 28.2 Å². The van der Waals surface area contributed by atoms with Gasteiger partial charge in [-0.2, -0.15) is 5.09 Å². The van der Waals surface area contributed by atoms with Gasteiger partial charge in [0.25, 0.3) is 5.56 Å². The summed E-state index contributed by atoms with van der Waals surface area (Å²) in [5.41, 5.74) is -1.51. The van der Waals surface area contributed by atoms with Crippen LogP contribution in [-0.4, -0.2) is 90.3 Å². The number of ether oxygens (including phenoxy) is 5. The minimum Gasteiger partial charge on any atom is -0.462 e. The first-order valence-electron chi connectivity index (χ1n) is 16.2. The Hall–Kier alpha value is -4.02. The first kappa shape index (κ1) is 38.8. The summed E-state index contributed by atoms with van der Waals surface area (Å²) in [6.45, 7) is 6.27. The van der Waals surface area contributed by atoms with Crippen LogP contribution in [0.1, 0.15) is 46.8 Å². The molecule has 3 heterocycles. The molecule has 18 heteroatoms.